The molecule has 0 heterocycles. The minimum absolute atomic E-state index is 0.0758. The average molecular weight is 780 g/mol. The van der Waals surface area contributed by atoms with E-state index in [1.807, 2.05) is 18.5 Å². The van der Waals surface area contributed by atoms with E-state index in [-0.39, 0.29) is 16.4 Å². The molecule has 268 valence electrons. The summed E-state index contributed by atoms with van der Waals surface area (Å²) in [4.78, 5) is 7.40. The van der Waals surface area contributed by atoms with Gasteiger partial charge in [-0.05, 0) is 31.6 Å². The van der Waals surface area contributed by atoms with Gasteiger partial charge in [-0.2, -0.15) is 0 Å². The lowest BCUT2D eigenvalue weighted by Gasteiger charge is -2.16. The second-order valence-electron chi connectivity index (χ2n) is 10.2. The number of aliphatic imine (C=N–C) groups is 2. The standard InChI is InChI=1S/C31H21F14N2P3/c1-7(17(35)26(44)21(39)12(33)5-32)13-22(40)24(42)15(25(43)23(13)41)31(46-6-11-16(34)8(2)19(37)30(50)20(11)38)47-10(4)14-28(48)9(3)18(36)27(45)29(14)49/h1,5-6,48-50H2,2-4H3/b21-12-,26-17-,46-31-,47-10+. The first kappa shape index (κ1) is 41.0. The maximum atomic E-state index is 15.7. The van der Waals surface area contributed by atoms with Gasteiger partial charge in [-0.15, -0.1) is 18.5 Å². The molecule has 3 aromatic rings. The molecule has 0 amide bonds. The largest absolute Gasteiger partial charge is 0.261 e. The highest BCUT2D eigenvalue weighted by Gasteiger charge is 2.33. The summed E-state index contributed by atoms with van der Waals surface area (Å²) in [6.45, 7) is 2.23. The first-order chi connectivity index (χ1) is 23.1. The minimum Gasteiger partial charge on any atom is -0.261 e. The fraction of sp³-hybridized carbons (Fsp3) is 0.161. The van der Waals surface area contributed by atoms with Crippen molar-refractivity contribution in [2.75, 3.05) is 6.67 Å². The molecule has 0 saturated carbocycles. The lowest BCUT2D eigenvalue weighted by atomic mass is 9.99. The van der Waals surface area contributed by atoms with Crippen LogP contribution >= 0.6 is 27.7 Å². The molecule has 0 fully saturated rings. The Hall–Kier alpha value is -3.47. The molecule has 0 bridgehead atoms. The van der Waals surface area contributed by atoms with Crippen LogP contribution in [0.2, 0.25) is 0 Å². The summed E-state index contributed by atoms with van der Waals surface area (Å²) in [7, 11) is 5.53. The van der Waals surface area contributed by atoms with Gasteiger partial charge in [-0.3, -0.25) is 4.99 Å². The monoisotopic (exact) mass is 780 g/mol. The van der Waals surface area contributed by atoms with Crippen molar-refractivity contribution < 1.29 is 61.5 Å². The zero-order valence-electron chi connectivity index (χ0n) is 25.5. The van der Waals surface area contributed by atoms with Gasteiger partial charge in [0.1, 0.15) is 24.1 Å². The van der Waals surface area contributed by atoms with Crippen LogP contribution in [0.15, 0.2) is 39.9 Å². The van der Waals surface area contributed by atoms with E-state index in [4.69, 9.17) is 0 Å². The molecule has 3 atom stereocenters. The summed E-state index contributed by atoms with van der Waals surface area (Å²) in [5, 5.41) is -1.37. The molecule has 0 aromatic heterocycles. The number of hydrogen-bond donors (Lipinski definition) is 0. The van der Waals surface area contributed by atoms with Crippen LogP contribution in [0.1, 0.15) is 40.3 Å². The summed E-state index contributed by atoms with van der Waals surface area (Å²) in [6.07, 6.45) is 0. The van der Waals surface area contributed by atoms with E-state index in [1.165, 1.54) is 0 Å². The highest BCUT2D eigenvalue weighted by Crippen LogP contribution is 2.37. The van der Waals surface area contributed by atoms with Crippen molar-refractivity contribution in [2.45, 2.75) is 27.3 Å². The molecule has 3 aromatic carbocycles. The molecule has 2 nitrogen and oxygen atoms in total. The maximum absolute atomic E-state index is 15.7. The van der Waals surface area contributed by atoms with E-state index in [9.17, 15) is 43.9 Å². The minimum atomic E-state index is -2.87. The molecule has 0 aliphatic heterocycles. The van der Waals surface area contributed by atoms with E-state index in [2.05, 4.69) is 16.6 Å². The first-order valence-corrected chi connectivity index (χ1v) is 15.1. The molecule has 19 heteroatoms. The number of amidine groups is 1. The Kier molecular flexibility index (Phi) is 13.0. The molecule has 0 aliphatic rings. The Labute approximate surface area is 281 Å². The number of nitrogens with zero attached hydrogens (tertiary/aromatic N) is 2. The summed E-state index contributed by atoms with van der Waals surface area (Å²) in [5.41, 5.74) is -8.66. The Bertz CT molecular complexity index is 2000. The van der Waals surface area contributed by atoms with Crippen LogP contribution in [-0.2, 0) is 6.54 Å². The zero-order valence-corrected chi connectivity index (χ0v) is 29.0. The molecule has 50 heavy (non-hydrogen) atoms. The fourth-order valence-electron chi connectivity index (χ4n) is 4.40. The topological polar surface area (TPSA) is 24.7 Å². The van der Waals surface area contributed by atoms with E-state index < -0.39 is 139 Å². The van der Waals surface area contributed by atoms with Crippen molar-refractivity contribution in [1.29, 1.82) is 0 Å². The normalized spacial score (nSPS) is 13.5. The first-order valence-electron chi connectivity index (χ1n) is 13.4. The molecular weight excluding hydrogens is 759 g/mol. The van der Waals surface area contributed by atoms with Crippen molar-refractivity contribution in [3.05, 3.63) is 116 Å². The second kappa shape index (κ2) is 15.8. The second-order valence-corrected chi connectivity index (χ2v) is 11.9. The van der Waals surface area contributed by atoms with E-state index in [0.29, 0.717) is 0 Å². The van der Waals surface area contributed by atoms with Gasteiger partial charge in [0.05, 0.1) is 17.7 Å². The van der Waals surface area contributed by atoms with E-state index in [1.54, 1.807) is 9.24 Å². The number of alkyl halides is 1. The zero-order chi connectivity index (χ0) is 38.3. The Morgan fingerprint density at radius 1 is 0.580 bits per heavy atom. The Morgan fingerprint density at radius 2 is 1.10 bits per heavy atom. The maximum Gasteiger partial charge on any atom is 0.197 e. The molecule has 3 unspecified atom stereocenters. The third kappa shape index (κ3) is 7.30. The van der Waals surface area contributed by atoms with E-state index >= 15 is 17.6 Å². The van der Waals surface area contributed by atoms with E-state index in [0.717, 1.165) is 20.8 Å². The van der Waals surface area contributed by atoms with Crippen LogP contribution < -0.4 is 15.9 Å². The molecule has 0 spiro atoms. The lowest BCUT2D eigenvalue weighted by molar-refractivity contribution is 0.412. The Balaban J connectivity index is 2.43. The van der Waals surface area contributed by atoms with Crippen LogP contribution in [0.3, 0.4) is 0 Å². The smallest absolute Gasteiger partial charge is 0.197 e. The third-order valence-corrected chi connectivity index (χ3v) is 8.95. The number of benzene rings is 3. The summed E-state index contributed by atoms with van der Waals surface area (Å²) in [5.74, 6) is -29.4. The molecule has 0 N–H and O–H groups in total. The van der Waals surface area contributed by atoms with Gasteiger partial charge in [-0.1, -0.05) is 15.8 Å². The number of allylic oxidation sites excluding steroid dienone is 5. The van der Waals surface area contributed by atoms with Crippen LogP contribution in [0, 0.1) is 66.2 Å². The highest BCUT2D eigenvalue weighted by atomic mass is 31.0. The molecule has 0 saturated heterocycles. The van der Waals surface area contributed by atoms with Crippen molar-refractivity contribution >= 4 is 60.8 Å². The number of hydrogen-bond acceptors (Lipinski definition) is 1. The van der Waals surface area contributed by atoms with Gasteiger partial charge >= 0.3 is 0 Å². The third-order valence-electron chi connectivity index (χ3n) is 7.18. The molecule has 3 rings (SSSR count). The molecule has 0 aliphatic carbocycles. The lowest BCUT2D eigenvalue weighted by Crippen LogP contribution is -2.26. The van der Waals surface area contributed by atoms with Gasteiger partial charge in [0.2, 0.25) is 0 Å². The predicted octanol–water partition coefficient (Wildman–Crippen LogP) is 8.80. The van der Waals surface area contributed by atoms with Crippen molar-refractivity contribution in [1.82, 2.24) is 0 Å². The van der Waals surface area contributed by atoms with Gasteiger partial charge in [0.15, 0.2) is 64.0 Å². The number of halogens is 14. The quantitative estimate of drug-likeness (QED) is 0.0546. The van der Waals surface area contributed by atoms with Gasteiger partial charge in [0.25, 0.3) is 0 Å². The molecule has 0 radical (unpaired) electrons. The van der Waals surface area contributed by atoms with Gasteiger partial charge < -0.3 is 0 Å². The van der Waals surface area contributed by atoms with Crippen LogP contribution in [0.25, 0.3) is 5.57 Å². The van der Waals surface area contributed by atoms with Crippen LogP contribution in [0.4, 0.5) is 61.5 Å². The van der Waals surface area contributed by atoms with Crippen LogP contribution in [0.5, 0.6) is 0 Å². The predicted molar refractivity (Wildman–Crippen MR) is 172 cm³/mol. The van der Waals surface area contributed by atoms with Crippen molar-refractivity contribution in [2.24, 2.45) is 9.98 Å². The average Bonchev–Trinajstić information content (AvgIpc) is 3.09. The summed E-state index contributed by atoms with van der Waals surface area (Å²) < 4.78 is 203. The van der Waals surface area contributed by atoms with Gasteiger partial charge in [0, 0.05) is 38.6 Å². The SMILES string of the molecule is C=C(/C(F)=C(F)\C(F)=C(\F)CF)c1c(F)c(F)c(C(=N/Cc2c(F)c(C)c(F)c(P)c2F)/N=C(\C)c2c(P)c(C)c(F)c(F)c2P)c(F)c1F. The van der Waals surface area contributed by atoms with Crippen LogP contribution in [-0.4, -0.2) is 18.2 Å². The van der Waals surface area contributed by atoms with Gasteiger partial charge in [-0.25, -0.2) is 66.5 Å². The fourth-order valence-corrected chi connectivity index (χ4v) is 5.94. The summed E-state index contributed by atoms with van der Waals surface area (Å²) in [6, 6.07) is 0. The highest BCUT2D eigenvalue weighted by molar-refractivity contribution is 7.30. The Morgan fingerprint density at radius 3 is 1.62 bits per heavy atom. The molecular formula is C31H21F14N2P3. The number of rotatable bonds is 8. The summed E-state index contributed by atoms with van der Waals surface area (Å²) >= 11 is 0. The van der Waals surface area contributed by atoms with Crippen molar-refractivity contribution in [3.8, 4) is 0 Å². The van der Waals surface area contributed by atoms with Crippen molar-refractivity contribution in [3.63, 3.8) is 0 Å².